The van der Waals surface area contributed by atoms with Crippen LogP contribution in [-0.2, 0) is 10.8 Å². The van der Waals surface area contributed by atoms with Gasteiger partial charge in [0.1, 0.15) is 11.2 Å². The molecule has 0 fully saturated rings. The van der Waals surface area contributed by atoms with E-state index in [-0.39, 0.29) is 22.7 Å². The number of anilines is 6. The van der Waals surface area contributed by atoms with E-state index < -0.39 is 0 Å². The third kappa shape index (κ3) is 6.93. The average Bonchev–Trinajstić information content (AvgIpc) is 3.95. The van der Waals surface area contributed by atoms with Crippen molar-refractivity contribution in [1.82, 2.24) is 0 Å². The molecular weight excluding hydrogens is 877 g/mol. The second-order valence-corrected chi connectivity index (χ2v) is 23.0. The van der Waals surface area contributed by atoms with Gasteiger partial charge in [-0.25, -0.2) is 0 Å². The van der Waals surface area contributed by atoms with Crippen LogP contribution in [0.15, 0.2) is 167 Å². The lowest BCUT2D eigenvalue weighted by Crippen LogP contribution is -2.13. The Morgan fingerprint density at radius 1 is 0.347 bits per heavy atom. The Hall–Kier alpha value is -7.56. The van der Waals surface area contributed by atoms with Gasteiger partial charge in [-0.1, -0.05) is 178 Å². The summed E-state index contributed by atoms with van der Waals surface area (Å²) in [5.41, 5.74) is 17.4. The summed E-state index contributed by atoms with van der Waals surface area (Å²) in [4.78, 5) is 4.93. The molecule has 0 saturated carbocycles. The van der Waals surface area contributed by atoms with Gasteiger partial charge in [0.15, 0.2) is 11.2 Å². The fourth-order valence-corrected chi connectivity index (χ4v) is 11.9. The SMILES string of the molecule is Cc1ccc(C(C)(C)C)c2oc3c(N(c4ccccc4)c4cc(C(C)C)c5ccc6c(N(c7ccccc7)c7cccc8c7oc7c(C(C)(C)C)ccc(C)c78)cc(C(C)C)c7ccc4c5c76)cccc3c12. The lowest BCUT2D eigenvalue weighted by Gasteiger charge is -2.31. The molecule has 0 bridgehead atoms. The Kier molecular flexibility index (Phi) is 10.4. The first-order valence-corrected chi connectivity index (χ1v) is 25.9. The molecule has 0 aliphatic carbocycles. The minimum Gasteiger partial charge on any atom is -0.454 e. The van der Waals surface area contributed by atoms with Crippen LogP contribution in [-0.4, -0.2) is 0 Å². The summed E-state index contributed by atoms with van der Waals surface area (Å²) in [6.45, 7) is 27.4. The normalized spacial score (nSPS) is 12.7. The van der Waals surface area contributed by atoms with Crippen molar-refractivity contribution in [2.75, 3.05) is 9.80 Å². The molecule has 0 atom stereocenters. The number of rotatable bonds is 8. The molecule has 2 heterocycles. The van der Waals surface area contributed by atoms with Crippen LogP contribution in [0, 0.1) is 13.8 Å². The average molecular weight is 941 g/mol. The van der Waals surface area contributed by atoms with Gasteiger partial charge >= 0.3 is 0 Å². The van der Waals surface area contributed by atoms with E-state index >= 15 is 0 Å². The smallest absolute Gasteiger partial charge is 0.159 e. The first kappa shape index (κ1) is 45.6. The van der Waals surface area contributed by atoms with Crippen LogP contribution in [0.1, 0.15) is 114 Å². The van der Waals surface area contributed by atoms with Crippen LogP contribution < -0.4 is 9.80 Å². The standard InChI is InChI=1S/C68H64N2O2/c1-39(2)51-37-57(69(43-21-15-13-16-22-43)55-27-19-25-49-59-41(5)29-35-53(67(7,8)9)65(59)71-63(49)55)47-34-32-46-52(40(3)4)38-58(48-33-31-45(51)61(47)62(46)48)70(44-23-17-14-18-24-44)56-28-20-26-50-60-42(6)30-36-54(68(10,11)12)66(60)72-64(50)56/h13-40H,1-12H3. The second kappa shape index (κ2) is 16.5. The van der Waals surface area contributed by atoms with Gasteiger partial charge in [0.25, 0.3) is 0 Å². The van der Waals surface area contributed by atoms with Gasteiger partial charge in [0.05, 0.1) is 22.7 Å². The Morgan fingerprint density at radius 3 is 1.08 bits per heavy atom. The van der Waals surface area contributed by atoms with Crippen molar-refractivity contribution in [3.05, 3.63) is 191 Å². The number of aryl methyl sites for hydroxylation is 2. The van der Waals surface area contributed by atoms with Crippen LogP contribution in [0.3, 0.4) is 0 Å². The largest absolute Gasteiger partial charge is 0.454 e. The molecule has 0 spiro atoms. The van der Waals surface area contributed by atoms with Crippen LogP contribution in [0.4, 0.5) is 34.1 Å². The van der Waals surface area contributed by atoms with Gasteiger partial charge < -0.3 is 18.6 Å². The van der Waals surface area contributed by atoms with E-state index in [1.54, 1.807) is 0 Å². The summed E-state index contributed by atoms with van der Waals surface area (Å²) < 4.78 is 14.5. The minimum absolute atomic E-state index is 0.103. The summed E-state index contributed by atoms with van der Waals surface area (Å²) in [7, 11) is 0. The quantitative estimate of drug-likeness (QED) is 0.142. The molecule has 0 amide bonds. The summed E-state index contributed by atoms with van der Waals surface area (Å²) >= 11 is 0. The molecule has 12 aromatic rings. The number of furan rings is 2. The van der Waals surface area contributed by atoms with Crippen molar-refractivity contribution in [2.24, 2.45) is 0 Å². The molecule has 10 aromatic carbocycles. The van der Waals surface area contributed by atoms with Gasteiger partial charge in [0, 0.05) is 54.8 Å². The van der Waals surface area contributed by atoms with Crippen LogP contribution in [0.5, 0.6) is 0 Å². The van der Waals surface area contributed by atoms with Crippen molar-refractivity contribution in [1.29, 1.82) is 0 Å². The number of hydrogen-bond acceptors (Lipinski definition) is 4. The number of nitrogens with zero attached hydrogens (tertiary/aromatic N) is 2. The van der Waals surface area contributed by atoms with Crippen molar-refractivity contribution in [2.45, 2.75) is 106 Å². The third-order valence-corrected chi connectivity index (χ3v) is 15.4. The van der Waals surface area contributed by atoms with E-state index in [9.17, 15) is 0 Å². The van der Waals surface area contributed by atoms with Crippen molar-refractivity contribution >= 4 is 110 Å². The summed E-state index contributed by atoms with van der Waals surface area (Å²) in [5, 5.41) is 12.1. The summed E-state index contributed by atoms with van der Waals surface area (Å²) in [5.74, 6) is 0.476. The number of para-hydroxylation sites is 4. The minimum atomic E-state index is -0.103. The van der Waals surface area contributed by atoms with Crippen molar-refractivity contribution in [3.8, 4) is 0 Å². The zero-order valence-electron chi connectivity index (χ0n) is 43.9. The lowest BCUT2D eigenvalue weighted by molar-refractivity contribution is 0.572. The molecule has 0 radical (unpaired) electrons. The zero-order chi connectivity index (χ0) is 50.1. The molecular formula is C68H64N2O2. The number of fused-ring (bicyclic) bond motifs is 6. The van der Waals surface area contributed by atoms with Crippen molar-refractivity contribution in [3.63, 3.8) is 0 Å². The fourth-order valence-electron chi connectivity index (χ4n) is 11.9. The predicted molar refractivity (Wildman–Crippen MR) is 309 cm³/mol. The molecule has 72 heavy (non-hydrogen) atoms. The van der Waals surface area contributed by atoms with Crippen molar-refractivity contribution < 1.29 is 8.83 Å². The molecule has 12 rings (SSSR count). The van der Waals surface area contributed by atoms with Crippen LogP contribution >= 0.6 is 0 Å². The van der Waals surface area contributed by atoms with Crippen LogP contribution in [0.25, 0.3) is 76.2 Å². The lowest BCUT2D eigenvalue weighted by atomic mass is 9.84. The monoisotopic (exact) mass is 940 g/mol. The van der Waals surface area contributed by atoms with Gasteiger partial charge in [-0.2, -0.15) is 0 Å². The van der Waals surface area contributed by atoms with E-state index in [0.717, 1.165) is 67.2 Å². The molecule has 358 valence electrons. The fraction of sp³-hybridized carbons (Fsp3) is 0.235. The molecule has 0 unspecified atom stereocenters. The zero-order valence-corrected chi connectivity index (χ0v) is 43.9. The maximum Gasteiger partial charge on any atom is 0.159 e. The molecule has 4 nitrogen and oxygen atoms in total. The highest BCUT2D eigenvalue weighted by Crippen LogP contribution is 2.54. The summed E-state index contributed by atoms with van der Waals surface area (Å²) in [6, 6.07) is 58.7. The van der Waals surface area contributed by atoms with Crippen LogP contribution in [0.2, 0.25) is 0 Å². The van der Waals surface area contributed by atoms with E-state index in [0.29, 0.717) is 0 Å². The Morgan fingerprint density at radius 2 is 0.722 bits per heavy atom. The first-order valence-electron chi connectivity index (χ1n) is 25.9. The van der Waals surface area contributed by atoms with Gasteiger partial charge in [-0.3, -0.25) is 0 Å². The van der Waals surface area contributed by atoms with Gasteiger partial charge in [0.2, 0.25) is 0 Å². The Labute approximate surface area is 423 Å². The number of benzene rings is 10. The third-order valence-electron chi connectivity index (χ3n) is 15.4. The first-order chi connectivity index (χ1) is 34.5. The Balaban J connectivity index is 1.19. The van der Waals surface area contributed by atoms with Gasteiger partial charge in [-0.15, -0.1) is 0 Å². The molecule has 2 aromatic heterocycles. The maximum absolute atomic E-state index is 7.24. The predicted octanol–water partition coefficient (Wildman–Crippen LogP) is 20.8. The Bertz CT molecular complexity index is 3810. The van der Waals surface area contributed by atoms with Gasteiger partial charge in [-0.05, 0) is 129 Å². The number of hydrogen-bond donors (Lipinski definition) is 0. The van der Waals surface area contributed by atoms with E-state index in [4.69, 9.17) is 8.83 Å². The molecule has 0 aliphatic rings. The molecule has 0 saturated heterocycles. The van der Waals surface area contributed by atoms with E-state index in [1.165, 1.54) is 76.5 Å². The molecule has 4 heteroatoms. The topological polar surface area (TPSA) is 32.8 Å². The molecule has 0 N–H and O–H groups in total. The summed E-state index contributed by atoms with van der Waals surface area (Å²) in [6.07, 6.45) is 0. The molecule has 0 aliphatic heterocycles. The highest BCUT2D eigenvalue weighted by atomic mass is 16.3. The highest BCUT2D eigenvalue weighted by Gasteiger charge is 2.31. The van der Waals surface area contributed by atoms with E-state index in [2.05, 4.69) is 251 Å². The maximum atomic E-state index is 7.24. The van der Waals surface area contributed by atoms with E-state index in [1.807, 2.05) is 0 Å². The highest BCUT2D eigenvalue weighted by molar-refractivity contribution is 6.30. The second-order valence-electron chi connectivity index (χ2n) is 23.0.